The van der Waals surface area contributed by atoms with Gasteiger partial charge >= 0.3 is 12.3 Å². The summed E-state index contributed by atoms with van der Waals surface area (Å²) in [4.78, 5) is 13.2. The number of amides is 1. The number of nitrogens with zero attached hydrogens (tertiary/aromatic N) is 1. The predicted molar refractivity (Wildman–Crippen MR) is 61.1 cm³/mol. The fourth-order valence-electron chi connectivity index (χ4n) is 3.01. The minimum atomic E-state index is -4.16. The van der Waals surface area contributed by atoms with Crippen molar-refractivity contribution in [1.29, 1.82) is 0 Å². The van der Waals surface area contributed by atoms with Crippen LogP contribution in [0.25, 0.3) is 0 Å². The molecular formula is C12H18F4N2O. The Labute approximate surface area is 109 Å². The van der Waals surface area contributed by atoms with Crippen LogP contribution >= 0.6 is 0 Å². The summed E-state index contributed by atoms with van der Waals surface area (Å²) in [6.07, 6.45) is -0.999. The molecule has 2 rings (SSSR count). The van der Waals surface area contributed by atoms with E-state index in [-0.39, 0.29) is 0 Å². The van der Waals surface area contributed by atoms with Gasteiger partial charge in [-0.3, -0.25) is 10.1 Å². The zero-order valence-electron chi connectivity index (χ0n) is 10.8. The molecular weight excluding hydrogens is 264 g/mol. The molecule has 110 valence electrons. The standard InChI is InChI=1S/C12H18F4N2O/c1-2-8-17-11(5-3-4-6-11)10(19)18(8)7-12(15,16)9(13)14/h8-9,17H,2-7H2,1H3. The van der Waals surface area contributed by atoms with E-state index in [0.717, 1.165) is 17.7 Å². The number of carbonyl (C=O) groups is 1. The monoisotopic (exact) mass is 282 g/mol. The first kappa shape index (κ1) is 14.6. The maximum Gasteiger partial charge on any atom is 0.324 e. The lowest BCUT2D eigenvalue weighted by Crippen LogP contribution is -2.47. The van der Waals surface area contributed by atoms with Gasteiger partial charge in [-0.2, -0.15) is 8.78 Å². The number of rotatable bonds is 4. The van der Waals surface area contributed by atoms with E-state index in [0.29, 0.717) is 19.3 Å². The molecule has 1 amide bonds. The largest absolute Gasteiger partial charge is 0.324 e. The molecule has 0 radical (unpaired) electrons. The van der Waals surface area contributed by atoms with Crippen molar-refractivity contribution in [2.45, 2.75) is 63.1 Å². The second-order valence-corrected chi connectivity index (χ2v) is 5.35. The Kier molecular flexibility index (Phi) is 3.77. The van der Waals surface area contributed by atoms with E-state index in [9.17, 15) is 22.4 Å². The highest BCUT2D eigenvalue weighted by Gasteiger charge is 2.55. The van der Waals surface area contributed by atoms with Crippen molar-refractivity contribution in [3.8, 4) is 0 Å². The van der Waals surface area contributed by atoms with Crippen LogP contribution in [0.4, 0.5) is 17.6 Å². The van der Waals surface area contributed by atoms with Crippen molar-refractivity contribution in [3.63, 3.8) is 0 Å². The summed E-state index contributed by atoms with van der Waals surface area (Å²) in [6, 6.07) is 0. The van der Waals surface area contributed by atoms with Gasteiger partial charge in [-0.1, -0.05) is 19.8 Å². The number of hydrogen-bond donors (Lipinski definition) is 1. The van der Waals surface area contributed by atoms with Crippen LogP contribution in [0.15, 0.2) is 0 Å². The number of hydrogen-bond acceptors (Lipinski definition) is 2. The van der Waals surface area contributed by atoms with Crippen LogP contribution in [0.5, 0.6) is 0 Å². The molecule has 1 spiro atoms. The third kappa shape index (κ3) is 2.44. The Morgan fingerprint density at radius 2 is 2.00 bits per heavy atom. The van der Waals surface area contributed by atoms with Crippen molar-refractivity contribution in [2.24, 2.45) is 0 Å². The summed E-state index contributed by atoms with van der Waals surface area (Å²) < 4.78 is 50.9. The fraction of sp³-hybridized carbons (Fsp3) is 0.917. The Hall–Kier alpha value is -0.850. The fourth-order valence-corrected chi connectivity index (χ4v) is 3.01. The number of carbonyl (C=O) groups excluding carboxylic acids is 1. The molecule has 0 bridgehead atoms. The molecule has 1 saturated heterocycles. The average molecular weight is 282 g/mol. The normalized spacial score (nSPS) is 26.9. The first-order chi connectivity index (χ1) is 8.82. The van der Waals surface area contributed by atoms with E-state index in [4.69, 9.17) is 0 Å². The molecule has 3 nitrogen and oxygen atoms in total. The van der Waals surface area contributed by atoms with Gasteiger partial charge in [0.1, 0.15) is 0 Å². The van der Waals surface area contributed by atoms with Gasteiger partial charge < -0.3 is 4.90 Å². The van der Waals surface area contributed by atoms with E-state index in [1.54, 1.807) is 6.92 Å². The van der Waals surface area contributed by atoms with Gasteiger partial charge in [0, 0.05) is 0 Å². The molecule has 19 heavy (non-hydrogen) atoms. The van der Waals surface area contributed by atoms with E-state index >= 15 is 0 Å². The van der Waals surface area contributed by atoms with Gasteiger partial charge in [0.25, 0.3) is 0 Å². The SMILES string of the molecule is CCC1NC2(CCCC2)C(=O)N1CC(F)(F)C(F)F. The average Bonchev–Trinajstić information content (AvgIpc) is 2.90. The molecule has 1 atom stereocenters. The lowest BCUT2D eigenvalue weighted by molar-refractivity contribution is -0.158. The van der Waals surface area contributed by atoms with Gasteiger partial charge in [-0.05, 0) is 19.3 Å². The maximum absolute atomic E-state index is 13.2. The van der Waals surface area contributed by atoms with Crippen LogP contribution < -0.4 is 5.32 Å². The summed E-state index contributed by atoms with van der Waals surface area (Å²) in [5.41, 5.74) is -0.793. The molecule has 0 aromatic rings. The van der Waals surface area contributed by atoms with Crippen LogP contribution in [-0.2, 0) is 4.79 Å². The molecule has 2 aliphatic rings. The highest BCUT2D eigenvalue weighted by molar-refractivity contribution is 5.89. The summed E-state index contributed by atoms with van der Waals surface area (Å²) in [5.74, 6) is -4.60. The Bertz CT molecular complexity index is 356. The number of alkyl halides is 4. The van der Waals surface area contributed by atoms with Crippen LogP contribution in [-0.4, -0.2) is 41.4 Å². The molecule has 1 heterocycles. The molecule has 1 aliphatic carbocycles. The van der Waals surface area contributed by atoms with E-state index in [1.807, 2.05) is 0 Å². The molecule has 1 saturated carbocycles. The lowest BCUT2D eigenvalue weighted by atomic mass is 9.98. The highest BCUT2D eigenvalue weighted by atomic mass is 19.3. The van der Waals surface area contributed by atoms with Crippen molar-refractivity contribution >= 4 is 5.91 Å². The minimum Gasteiger partial charge on any atom is -0.319 e. The Morgan fingerprint density at radius 3 is 2.47 bits per heavy atom. The van der Waals surface area contributed by atoms with Gasteiger partial charge in [-0.15, -0.1) is 0 Å². The molecule has 0 aromatic heterocycles. The summed E-state index contributed by atoms with van der Waals surface area (Å²) in [7, 11) is 0. The van der Waals surface area contributed by atoms with E-state index < -0.39 is 36.5 Å². The third-order valence-corrected chi connectivity index (χ3v) is 4.03. The molecule has 2 fully saturated rings. The summed E-state index contributed by atoms with van der Waals surface area (Å²) in [5, 5.41) is 3.08. The van der Waals surface area contributed by atoms with Crippen LogP contribution in [0.1, 0.15) is 39.0 Å². The Balaban J connectivity index is 2.17. The molecule has 0 aromatic carbocycles. The maximum atomic E-state index is 13.2. The van der Waals surface area contributed by atoms with E-state index in [1.165, 1.54) is 0 Å². The zero-order chi connectivity index (χ0) is 14.3. The van der Waals surface area contributed by atoms with Crippen LogP contribution in [0.3, 0.4) is 0 Å². The topological polar surface area (TPSA) is 32.3 Å². The molecule has 7 heteroatoms. The Morgan fingerprint density at radius 1 is 1.42 bits per heavy atom. The van der Waals surface area contributed by atoms with Crippen molar-refractivity contribution in [1.82, 2.24) is 10.2 Å². The van der Waals surface area contributed by atoms with Crippen LogP contribution in [0, 0.1) is 0 Å². The molecule has 1 aliphatic heterocycles. The number of halogens is 4. The first-order valence-corrected chi connectivity index (χ1v) is 6.57. The summed E-state index contributed by atoms with van der Waals surface area (Å²) in [6.45, 7) is 0.531. The highest BCUT2D eigenvalue weighted by Crippen LogP contribution is 2.38. The van der Waals surface area contributed by atoms with Gasteiger partial charge in [0.05, 0.1) is 18.2 Å². The third-order valence-electron chi connectivity index (χ3n) is 4.03. The summed E-state index contributed by atoms with van der Waals surface area (Å²) >= 11 is 0. The van der Waals surface area contributed by atoms with Crippen LogP contribution in [0.2, 0.25) is 0 Å². The minimum absolute atomic E-state index is 0.423. The van der Waals surface area contributed by atoms with Crippen molar-refractivity contribution < 1.29 is 22.4 Å². The van der Waals surface area contributed by atoms with E-state index in [2.05, 4.69) is 5.32 Å². The lowest BCUT2D eigenvalue weighted by Gasteiger charge is -2.27. The number of nitrogens with one attached hydrogen (secondary N) is 1. The van der Waals surface area contributed by atoms with Crippen molar-refractivity contribution in [3.05, 3.63) is 0 Å². The molecule has 1 N–H and O–H groups in total. The van der Waals surface area contributed by atoms with Gasteiger partial charge in [-0.25, -0.2) is 8.78 Å². The van der Waals surface area contributed by atoms with Gasteiger partial charge in [0.2, 0.25) is 5.91 Å². The smallest absolute Gasteiger partial charge is 0.319 e. The molecule has 1 unspecified atom stereocenters. The first-order valence-electron chi connectivity index (χ1n) is 6.57. The zero-order valence-corrected chi connectivity index (χ0v) is 10.8. The second kappa shape index (κ2) is 4.92. The predicted octanol–water partition coefficient (Wildman–Crippen LogP) is 2.37. The van der Waals surface area contributed by atoms with Gasteiger partial charge in [0.15, 0.2) is 0 Å². The quantitative estimate of drug-likeness (QED) is 0.803. The second-order valence-electron chi connectivity index (χ2n) is 5.35. The van der Waals surface area contributed by atoms with Crippen molar-refractivity contribution in [2.75, 3.05) is 6.54 Å².